The minimum atomic E-state index is -10.7. The quantitative estimate of drug-likeness (QED) is 0.209. The molecule has 0 saturated carbocycles. The van der Waals surface area contributed by atoms with Crippen molar-refractivity contribution in [3.63, 3.8) is 0 Å². The van der Waals surface area contributed by atoms with E-state index in [4.69, 9.17) is 0 Å². The second kappa shape index (κ2) is 6.47. The van der Waals surface area contributed by atoms with Gasteiger partial charge in [-0.25, -0.2) is 4.57 Å². The summed E-state index contributed by atoms with van der Waals surface area (Å²) < 4.78 is 98.2. The van der Waals surface area contributed by atoms with Gasteiger partial charge in [0.15, 0.2) is 12.4 Å². The number of nitrogens with zero attached hydrogens (tertiary/aromatic N) is 1. The Labute approximate surface area is 142 Å². The van der Waals surface area contributed by atoms with Crippen LogP contribution in [0.2, 0.25) is 0 Å². The topological polar surface area (TPSA) is 3.88 Å². The third-order valence-electron chi connectivity index (χ3n) is 2.54. The van der Waals surface area contributed by atoms with Gasteiger partial charge in [0.05, 0.1) is 5.56 Å². The van der Waals surface area contributed by atoms with Crippen LogP contribution in [0.25, 0.3) is 0 Å². The van der Waals surface area contributed by atoms with Gasteiger partial charge >= 0.3 is 39.2 Å². The van der Waals surface area contributed by atoms with Gasteiger partial charge in [-0.15, -0.1) is 0 Å². The number of hydrogen-bond acceptors (Lipinski definition) is 0. The predicted molar refractivity (Wildman–Crippen MR) is 78.6 cm³/mol. The maximum absolute atomic E-state index is 12.4. The summed E-state index contributed by atoms with van der Waals surface area (Å²) in [4.78, 5) is 0. The molecule has 1 aromatic carbocycles. The van der Waals surface area contributed by atoms with Crippen molar-refractivity contribution >= 4 is 7.81 Å². The summed E-state index contributed by atoms with van der Waals surface area (Å²) >= 11 is 0. The molecule has 0 aliphatic carbocycles. The molecule has 0 radical (unpaired) electrons. The summed E-state index contributed by atoms with van der Waals surface area (Å²) in [6, 6.07) is 8.51. The van der Waals surface area contributed by atoms with Crippen LogP contribution >= 0.6 is 7.81 Å². The summed E-state index contributed by atoms with van der Waals surface area (Å²) in [5, 5.41) is 0. The van der Waals surface area contributed by atoms with E-state index >= 15 is 0 Å². The van der Waals surface area contributed by atoms with Crippen molar-refractivity contribution in [2.75, 3.05) is 0 Å². The van der Waals surface area contributed by atoms with Crippen molar-refractivity contribution in [3.8, 4) is 11.8 Å². The van der Waals surface area contributed by atoms with Crippen LogP contribution in [0.3, 0.4) is 0 Å². The van der Waals surface area contributed by atoms with Gasteiger partial charge in [0, 0.05) is 23.3 Å². The summed E-state index contributed by atoms with van der Waals surface area (Å²) in [6.45, 7) is 0. The van der Waals surface area contributed by atoms with E-state index in [1.165, 1.54) is 12.1 Å². The van der Waals surface area contributed by atoms with Crippen molar-refractivity contribution < 1.29 is 42.9 Å². The zero-order chi connectivity index (χ0) is 20.3. The molecule has 2 rings (SSSR count). The summed E-state index contributed by atoms with van der Waals surface area (Å²) in [5.41, 5.74) is 0.712. The SMILES string of the molecule is C[n+]1ccc(C#Cc2ccc(C(F)(F)F)cc2)cc1.F[P-](F)(F)(F)(F)F. The molecule has 1 nitrogen and oxygen atoms in total. The van der Waals surface area contributed by atoms with E-state index in [1.807, 2.05) is 36.1 Å². The molecule has 0 fully saturated rings. The fourth-order valence-electron chi connectivity index (χ4n) is 1.47. The van der Waals surface area contributed by atoms with Crippen LogP contribution in [0.4, 0.5) is 38.4 Å². The first-order chi connectivity index (χ1) is 11.4. The Balaban J connectivity index is 0.000000412. The van der Waals surface area contributed by atoms with Crippen LogP contribution in [0.1, 0.15) is 16.7 Å². The summed E-state index contributed by atoms with van der Waals surface area (Å²) in [6.07, 6.45) is -0.590. The Morgan fingerprint density at radius 3 is 1.42 bits per heavy atom. The van der Waals surface area contributed by atoms with Crippen molar-refractivity contribution in [2.24, 2.45) is 7.05 Å². The average molecular weight is 407 g/mol. The number of aromatic nitrogens is 1. The second-order valence-corrected chi connectivity index (χ2v) is 6.95. The van der Waals surface area contributed by atoms with Crippen LogP contribution < -0.4 is 4.57 Å². The molecule has 144 valence electrons. The normalized spacial score (nSPS) is 14.1. The zero-order valence-electron chi connectivity index (χ0n) is 12.9. The van der Waals surface area contributed by atoms with Gasteiger partial charge in [-0.2, -0.15) is 13.2 Å². The molecule has 0 spiro atoms. The molecule has 0 bridgehead atoms. The van der Waals surface area contributed by atoms with Crippen molar-refractivity contribution in [2.45, 2.75) is 6.18 Å². The molecule has 0 aliphatic rings. The first kappa shape index (κ1) is 21.8. The third kappa shape index (κ3) is 11.3. The standard InChI is InChI=1S/C15H11F3N.F6P/c1-19-10-8-13(9-11-19)3-2-12-4-6-14(7-5-12)15(16,17)18;1-7(2,3,4,5)6/h4-11H,1H3;/q+1;-1. The first-order valence-electron chi connectivity index (χ1n) is 6.61. The van der Waals surface area contributed by atoms with E-state index in [0.29, 0.717) is 5.56 Å². The van der Waals surface area contributed by atoms with E-state index in [2.05, 4.69) is 11.8 Å². The molecule has 0 N–H and O–H groups in total. The van der Waals surface area contributed by atoms with Crippen molar-refractivity contribution in [1.29, 1.82) is 0 Å². The Hall–Kier alpha value is -2.27. The Bertz CT molecular complexity index is 797. The van der Waals surface area contributed by atoms with Crippen LogP contribution in [-0.4, -0.2) is 0 Å². The van der Waals surface area contributed by atoms with Gasteiger partial charge in [-0.05, 0) is 24.3 Å². The molecule has 0 saturated heterocycles. The summed E-state index contributed by atoms with van der Waals surface area (Å²) in [7, 11) is -8.76. The monoisotopic (exact) mass is 407 g/mol. The van der Waals surface area contributed by atoms with Crippen LogP contribution in [0.15, 0.2) is 48.8 Å². The van der Waals surface area contributed by atoms with E-state index in [9.17, 15) is 38.4 Å². The van der Waals surface area contributed by atoms with E-state index < -0.39 is 19.5 Å². The number of aryl methyl sites for hydroxylation is 1. The molecule has 26 heavy (non-hydrogen) atoms. The van der Waals surface area contributed by atoms with Gasteiger partial charge in [-0.3, -0.25) is 0 Å². The third-order valence-corrected chi connectivity index (χ3v) is 2.54. The Morgan fingerprint density at radius 1 is 0.731 bits per heavy atom. The van der Waals surface area contributed by atoms with Crippen LogP contribution in [0.5, 0.6) is 0 Å². The number of halogens is 9. The molecule has 1 aromatic heterocycles. The molecule has 0 aliphatic heterocycles. The molecular weight excluding hydrogens is 396 g/mol. The zero-order valence-corrected chi connectivity index (χ0v) is 13.8. The van der Waals surface area contributed by atoms with Gasteiger partial charge in [-0.1, -0.05) is 11.8 Å². The number of hydrogen-bond donors (Lipinski definition) is 0. The van der Waals surface area contributed by atoms with Gasteiger partial charge < -0.3 is 0 Å². The van der Waals surface area contributed by atoms with Gasteiger partial charge in [0.25, 0.3) is 0 Å². The molecule has 0 atom stereocenters. The van der Waals surface area contributed by atoms with Crippen molar-refractivity contribution in [3.05, 3.63) is 65.5 Å². The predicted octanol–water partition coefficient (Wildman–Crippen LogP) is 6.31. The Morgan fingerprint density at radius 2 is 1.08 bits per heavy atom. The molecular formula is C15H11F9NP. The van der Waals surface area contributed by atoms with E-state index in [-0.39, 0.29) is 0 Å². The fourth-order valence-corrected chi connectivity index (χ4v) is 1.47. The number of alkyl halides is 3. The molecule has 1 heterocycles. The average Bonchev–Trinajstić information content (AvgIpc) is 2.43. The first-order valence-corrected chi connectivity index (χ1v) is 8.64. The fraction of sp³-hybridized carbons (Fsp3) is 0.133. The minimum absolute atomic E-state index is 0.557. The Kier molecular flexibility index (Phi) is 5.42. The van der Waals surface area contributed by atoms with Crippen LogP contribution in [0, 0.1) is 11.8 Å². The van der Waals surface area contributed by atoms with Crippen LogP contribution in [-0.2, 0) is 13.2 Å². The number of benzene rings is 1. The maximum atomic E-state index is 12.4. The van der Waals surface area contributed by atoms with Gasteiger partial charge in [0.1, 0.15) is 7.05 Å². The second-order valence-electron chi connectivity index (χ2n) is 5.04. The van der Waals surface area contributed by atoms with E-state index in [0.717, 1.165) is 17.7 Å². The molecule has 11 heteroatoms. The van der Waals surface area contributed by atoms with Gasteiger partial charge in [0.2, 0.25) is 0 Å². The number of rotatable bonds is 0. The molecule has 0 amide bonds. The van der Waals surface area contributed by atoms with Crippen molar-refractivity contribution in [1.82, 2.24) is 0 Å². The molecule has 0 unspecified atom stereocenters. The number of pyridine rings is 1. The molecule has 2 aromatic rings. The van der Waals surface area contributed by atoms with E-state index in [1.54, 1.807) is 0 Å². The summed E-state index contributed by atoms with van der Waals surface area (Å²) in [5.74, 6) is 5.73.